The zero-order valence-electron chi connectivity index (χ0n) is 6.81. The monoisotopic (exact) mass is 255 g/mol. The van der Waals surface area contributed by atoms with Crippen molar-refractivity contribution in [1.29, 1.82) is 0 Å². The van der Waals surface area contributed by atoms with E-state index in [1.54, 1.807) is 6.07 Å². The van der Waals surface area contributed by atoms with Crippen LogP contribution in [-0.4, -0.2) is 0 Å². The number of halogens is 3. The van der Waals surface area contributed by atoms with Gasteiger partial charge in [0.15, 0.2) is 0 Å². The molecule has 0 aliphatic heterocycles. The molecule has 0 saturated heterocycles. The van der Waals surface area contributed by atoms with E-state index in [1.807, 2.05) is 13.0 Å². The zero-order valence-corrected chi connectivity index (χ0v) is 9.21. The van der Waals surface area contributed by atoms with Gasteiger partial charge in [-0.05, 0) is 24.1 Å². The molecule has 1 aromatic rings. The average Bonchev–Trinajstić information content (AvgIpc) is 1.88. The first-order valence-corrected chi connectivity index (χ1v) is 3.97. The van der Waals surface area contributed by atoms with Gasteiger partial charge in [0, 0.05) is 4.47 Å². The average molecular weight is 257 g/mol. The highest BCUT2D eigenvalue weighted by atomic mass is 79.9. The molecule has 4 heteroatoms. The number of aryl methyl sites for hydroxylation is 1. The minimum Gasteiger partial charge on any atom is -0.344 e. The van der Waals surface area contributed by atoms with E-state index in [4.69, 9.17) is 0 Å². The summed E-state index contributed by atoms with van der Waals surface area (Å²) in [6.07, 6.45) is 0.749. The standard InChI is InChI=1S/C8H8BrF.ClH.H3N/c1-2-6-3-4-7(9)5-8(6)10;;/h3-5H,2H2,1H3;1H;1H3. The Balaban J connectivity index is 0. The quantitative estimate of drug-likeness (QED) is 0.816. The molecule has 1 aromatic carbocycles. The van der Waals surface area contributed by atoms with Gasteiger partial charge in [0.1, 0.15) is 5.82 Å². The molecule has 0 saturated carbocycles. The second kappa shape index (κ2) is 6.40. The zero-order chi connectivity index (χ0) is 7.56. The third-order valence-electron chi connectivity index (χ3n) is 1.40. The fourth-order valence-electron chi connectivity index (χ4n) is 0.808. The molecule has 0 aliphatic rings. The van der Waals surface area contributed by atoms with E-state index in [1.165, 1.54) is 6.07 Å². The Morgan fingerprint density at radius 3 is 2.42 bits per heavy atom. The first kappa shape index (κ1) is 14.4. The summed E-state index contributed by atoms with van der Waals surface area (Å²) in [6.45, 7) is 1.94. The van der Waals surface area contributed by atoms with Gasteiger partial charge in [-0.15, -0.1) is 12.4 Å². The Bertz CT molecular complexity index is 242. The van der Waals surface area contributed by atoms with E-state index in [9.17, 15) is 4.39 Å². The van der Waals surface area contributed by atoms with Crippen LogP contribution in [0.5, 0.6) is 0 Å². The molecule has 0 heterocycles. The third kappa shape index (κ3) is 3.52. The highest BCUT2D eigenvalue weighted by molar-refractivity contribution is 9.10. The molecule has 0 bridgehead atoms. The number of benzene rings is 1. The molecule has 0 atom stereocenters. The molecule has 0 amide bonds. The van der Waals surface area contributed by atoms with Gasteiger partial charge in [0.05, 0.1) is 0 Å². The van der Waals surface area contributed by atoms with Gasteiger partial charge in [-0.2, -0.15) is 0 Å². The van der Waals surface area contributed by atoms with E-state index < -0.39 is 0 Å². The van der Waals surface area contributed by atoms with E-state index in [-0.39, 0.29) is 24.4 Å². The van der Waals surface area contributed by atoms with E-state index in [2.05, 4.69) is 15.9 Å². The summed E-state index contributed by atoms with van der Waals surface area (Å²) in [4.78, 5) is 0. The molecule has 0 aromatic heterocycles. The second-order valence-corrected chi connectivity index (χ2v) is 3.00. The Kier molecular flexibility index (Phi) is 7.69. The second-order valence-electron chi connectivity index (χ2n) is 2.09. The van der Waals surface area contributed by atoms with Crippen LogP contribution in [0.2, 0.25) is 0 Å². The van der Waals surface area contributed by atoms with Crippen LogP contribution in [0, 0.1) is 5.82 Å². The van der Waals surface area contributed by atoms with Crippen LogP contribution in [0.3, 0.4) is 0 Å². The van der Waals surface area contributed by atoms with Gasteiger partial charge in [0.25, 0.3) is 0 Å². The van der Waals surface area contributed by atoms with E-state index in [0.717, 1.165) is 16.5 Å². The summed E-state index contributed by atoms with van der Waals surface area (Å²) < 4.78 is 13.6. The minimum absolute atomic E-state index is 0. The van der Waals surface area contributed by atoms with Crippen LogP contribution in [0.4, 0.5) is 4.39 Å². The van der Waals surface area contributed by atoms with Crippen molar-refractivity contribution >= 4 is 28.3 Å². The van der Waals surface area contributed by atoms with Crippen molar-refractivity contribution < 1.29 is 4.39 Å². The molecular weight excluding hydrogens is 244 g/mol. The summed E-state index contributed by atoms with van der Waals surface area (Å²) in [5, 5.41) is 0. The van der Waals surface area contributed by atoms with Gasteiger partial charge < -0.3 is 6.15 Å². The van der Waals surface area contributed by atoms with Crippen molar-refractivity contribution in [3.05, 3.63) is 34.1 Å². The van der Waals surface area contributed by atoms with Crippen LogP contribution >= 0.6 is 28.3 Å². The number of rotatable bonds is 1. The minimum atomic E-state index is -0.128. The number of hydrogen-bond donors (Lipinski definition) is 1. The van der Waals surface area contributed by atoms with Crippen LogP contribution in [0.25, 0.3) is 0 Å². The predicted molar refractivity (Wildman–Crippen MR) is 55.7 cm³/mol. The Morgan fingerprint density at radius 2 is 2.00 bits per heavy atom. The number of hydrogen-bond acceptors (Lipinski definition) is 1. The van der Waals surface area contributed by atoms with Gasteiger partial charge in [-0.1, -0.05) is 28.9 Å². The third-order valence-corrected chi connectivity index (χ3v) is 1.89. The molecule has 0 spiro atoms. The SMILES string of the molecule is CCc1ccc(Br)cc1F.Cl.N. The van der Waals surface area contributed by atoms with Gasteiger partial charge in [-0.3, -0.25) is 0 Å². The van der Waals surface area contributed by atoms with Crippen molar-refractivity contribution in [2.45, 2.75) is 13.3 Å². The predicted octanol–water partition coefficient (Wildman–Crippen LogP) is 3.73. The summed E-state index contributed by atoms with van der Waals surface area (Å²) in [6, 6.07) is 5.13. The maximum atomic E-state index is 12.8. The summed E-state index contributed by atoms with van der Waals surface area (Å²) in [5.74, 6) is -0.128. The fraction of sp³-hybridized carbons (Fsp3) is 0.250. The van der Waals surface area contributed by atoms with Crippen molar-refractivity contribution in [3.8, 4) is 0 Å². The summed E-state index contributed by atoms with van der Waals surface area (Å²) >= 11 is 3.19. The normalized spacial score (nSPS) is 8.25. The maximum absolute atomic E-state index is 12.8. The van der Waals surface area contributed by atoms with Crippen LogP contribution in [0.15, 0.2) is 22.7 Å². The molecule has 3 N–H and O–H groups in total. The summed E-state index contributed by atoms with van der Waals surface area (Å²) in [7, 11) is 0. The maximum Gasteiger partial charge on any atom is 0.127 e. The molecule has 12 heavy (non-hydrogen) atoms. The lowest BCUT2D eigenvalue weighted by Gasteiger charge is -1.97. The lowest BCUT2D eigenvalue weighted by Crippen LogP contribution is -1.85. The van der Waals surface area contributed by atoms with Gasteiger partial charge >= 0.3 is 0 Å². The first-order valence-electron chi connectivity index (χ1n) is 3.18. The van der Waals surface area contributed by atoms with Crippen LogP contribution in [-0.2, 0) is 6.42 Å². The largest absolute Gasteiger partial charge is 0.344 e. The van der Waals surface area contributed by atoms with Crippen molar-refractivity contribution in [3.63, 3.8) is 0 Å². The lowest BCUT2D eigenvalue weighted by atomic mass is 10.2. The Morgan fingerprint density at radius 1 is 1.42 bits per heavy atom. The molecule has 0 aliphatic carbocycles. The smallest absolute Gasteiger partial charge is 0.127 e. The topological polar surface area (TPSA) is 35.0 Å². The highest BCUT2D eigenvalue weighted by Crippen LogP contribution is 2.15. The lowest BCUT2D eigenvalue weighted by molar-refractivity contribution is 0.611. The summed E-state index contributed by atoms with van der Waals surface area (Å²) in [5.41, 5.74) is 0.767. The Hall–Kier alpha value is -0.120. The van der Waals surface area contributed by atoms with Crippen LogP contribution in [0.1, 0.15) is 12.5 Å². The molecule has 0 unspecified atom stereocenters. The molecule has 0 radical (unpaired) electrons. The van der Waals surface area contributed by atoms with Crippen molar-refractivity contribution in [2.75, 3.05) is 0 Å². The van der Waals surface area contributed by atoms with E-state index in [0.29, 0.717) is 0 Å². The molecule has 70 valence electrons. The Labute approximate surface area is 86.5 Å². The fourth-order valence-corrected chi connectivity index (χ4v) is 1.14. The molecular formula is C8H12BrClFN. The van der Waals surface area contributed by atoms with E-state index >= 15 is 0 Å². The molecule has 1 rings (SSSR count). The molecule has 1 nitrogen and oxygen atoms in total. The highest BCUT2D eigenvalue weighted by Gasteiger charge is 1.98. The van der Waals surface area contributed by atoms with Gasteiger partial charge in [-0.25, -0.2) is 4.39 Å². The molecule has 0 fully saturated rings. The van der Waals surface area contributed by atoms with Crippen molar-refractivity contribution in [1.82, 2.24) is 6.15 Å². The van der Waals surface area contributed by atoms with Crippen LogP contribution < -0.4 is 6.15 Å². The van der Waals surface area contributed by atoms with Gasteiger partial charge in [0.2, 0.25) is 0 Å². The van der Waals surface area contributed by atoms with Crippen molar-refractivity contribution in [2.24, 2.45) is 0 Å². The first-order chi connectivity index (χ1) is 4.74.